The number of anilines is 1. The summed E-state index contributed by atoms with van der Waals surface area (Å²) in [5.74, 6) is -0.227. The maximum atomic E-state index is 13.7. The van der Waals surface area contributed by atoms with E-state index in [-0.39, 0.29) is 23.4 Å². The first kappa shape index (κ1) is 17.5. The summed E-state index contributed by atoms with van der Waals surface area (Å²) in [6.07, 6.45) is 2.38. The van der Waals surface area contributed by atoms with Gasteiger partial charge in [-0.25, -0.2) is 4.39 Å². The molecule has 0 aliphatic carbocycles. The van der Waals surface area contributed by atoms with E-state index >= 15 is 0 Å². The van der Waals surface area contributed by atoms with Crippen molar-refractivity contribution in [1.29, 1.82) is 0 Å². The van der Waals surface area contributed by atoms with E-state index in [1.54, 1.807) is 24.3 Å². The van der Waals surface area contributed by atoms with Crippen molar-refractivity contribution in [3.8, 4) is 5.75 Å². The Kier molecular flexibility index (Phi) is 4.09. The van der Waals surface area contributed by atoms with Gasteiger partial charge >= 0.3 is 0 Å². The molecule has 0 saturated heterocycles. The second kappa shape index (κ2) is 6.78. The summed E-state index contributed by atoms with van der Waals surface area (Å²) in [4.78, 5) is 12.5. The fraction of sp³-hybridized carbons (Fsp3) is 0.125. The number of nitrogens with zero attached hydrogens (tertiary/aromatic N) is 1. The van der Waals surface area contributed by atoms with Crippen molar-refractivity contribution >= 4 is 22.5 Å². The van der Waals surface area contributed by atoms with Gasteiger partial charge in [-0.15, -0.1) is 0 Å². The Morgan fingerprint density at radius 3 is 2.66 bits per heavy atom. The number of aromatic hydroxyl groups is 1. The number of hydrogen-bond donors (Lipinski definition) is 2. The lowest BCUT2D eigenvalue weighted by molar-refractivity contribution is -0.116. The van der Waals surface area contributed by atoms with Crippen molar-refractivity contribution in [2.75, 3.05) is 5.32 Å². The smallest absolute Gasteiger partial charge is 0.225 e. The third-order valence-corrected chi connectivity index (χ3v) is 5.51. The van der Waals surface area contributed by atoms with Gasteiger partial charge in [0.25, 0.3) is 0 Å². The van der Waals surface area contributed by atoms with E-state index in [9.17, 15) is 14.3 Å². The molecule has 5 rings (SSSR count). The minimum atomic E-state index is -0.254. The van der Waals surface area contributed by atoms with Crippen LogP contribution in [-0.2, 0) is 11.3 Å². The van der Waals surface area contributed by atoms with Gasteiger partial charge in [0, 0.05) is 30.5 Å². The number of halogens is 1. The van der Waals surface area contributed by atoms with Crippen molar-refractivity contribution in [1.82, 2.24) is 4.57 Å². The van der Waals surface area contributed by atoms with E-state index in [1.165, 1.54) is 6.07 Å². The fourth-order valence-electron chi connectivity index (χ4n) is 4.22. The molecule has 0 unspecified atom stereocenters. The topological polar surface area (TPSA) is 54.3 Å². The molecule has 1 aliphatic heterocycles. The zero-order valence-electron chi connectivity index (χ0n) is 15.6. The lowest BCUT2D eigenvalue weighted by Gasteiger charge is -2.14. The summed E-state index contributed by atoms with van der Waals surface area (Å²) in [6.45, 7) is 0.536. The van der Waals surface area contributed by atoms with Crippen LogP contribution in [0.5, 0.6) is 5.75 Å². The average Bonchev–Trinajstić information content (AvgIpc) is 2.99. The Hall–Kier alpha value is -3.60. The molecule has 0 bridgehead atoms. The van der Waals surface area contributed by atoms with Crippen molar-refractivity contribution in [3.05, 3.63) is 95.4 Å². The van der Waals surface area contributed by atoms with Crippen LogP contribution in [0, 0.1) is 5.82 Å². The zero-order valence-corrected chi connectivity index (χ0v) is 15.6. The predicted octanol–water partition coefficient (Wildman–Crippen LogP) is 5.01. The maximum Gasteiger partial charge on any atom is 0.225 e. The molecular formula is C24H19FN2O2. The number of benzene rings is 3. The van der Waals surface area contributed by atoms with Crippen LogP contribution in [0.3, 0.4) is 0 Å². The second-order valence-corrected chi connectivity index (χ2v) is 7.44. The summed E-state index contributed by atoms with van der Waals surface area (Å²) >= 11 is 0. The number of amides is 1. The number of phenolic OH excluding ortho intramolecular Hbond substituents is 1. The molecule has 0 saturated carbocycles. The molecule has 2 N–H and O–H groups in total. The molecule has 4 aromatic rings. The molecule has 1 aromatic heterocycles. The van der Waals surface area contributed by atoms with Crippen molar-refractivity contribution in [3.63, 3.8) is 0 Å². The Morgan fingerprint density at radius 1 is 1.07 bits per heavy atom. The number of nitrogens with one attached hydrogen (secondary N) is 1. The van der Waals surface area contributed by atoms with Crippen LogP contribution in [0.4, 0.5) is 10.1 Å². The van der Waals surface area contributed by atoms with Crippen LogP contribution in [0.15, 0.2) is 72.9 Å². The van der Waals surface area contributed by atoms with Gasteiger partial charge in [-0.05, 0) is 53.1 Å². The van der Waals surface area contributed by atoms with Crippen LogP contribution in [0.1, 0.15) is 29.0 Å². The molecule has 0 spiro atoms. The van der Waals surface area contributed by atoms with E-state index in [1.807, 2.05) is 36.4 Å². The molecule has 29 heavy (non-hydrogen) atoms. The number of carbonyl (C=O) groups is 1. The average molecular weight is 386 g/mol. The fourth-order valence-corrected chi connectivity index (χ4v) is 4.22. The van der Waals surface area contributed by atoms with Crippen LogP contribution in [0.25, 0.3) is 10.9 Å². The van der Waals surface area contributed by atoms with Crippen LogP contribution < -0.4 is 5.32 Å². The van der Waals surface area contributed by atoms with Crippen molar-refractivity contribution < 1.29 is 14.3 Å². The third-order valence-electron chi connectivity index (χ3n) is 5.51. The summed E-state index contributed by atoms with van der Waals surface area (Å²) in [5, 5.41) is 13.7. The SMILES string of the molecule is O=C1C[C@H](c2ccc(O)cc2)c2cn(Cc3cccc(F)c3)c3cccc(c23)N1. The van der Waals surface area contributed by atoms with E-state index in [0.717, 1.165) is 33.3 Å². The number of carbonyl (C=O) groups excluding carboxylic acids is 1. The highest BCUT2D eigenvalue weighted by molar-refractivity contribution is 6.06. The highest BCUT2D eigenvalue weighted by atomic mass is 19.1. The van der Waals surface area contributed by atoms with Gasteiger partial charge in [0.15, 0.2) is 0 Å². The molecule has 3 aromatic carbocycles. The Bertz CT molecular complexity index is 1230. The van der Waals surface area contributed by atoms with Crippen molar-refractivity contribution in [2.45, 2.75) is 18.9 Å². The Morgan fingerprint density at radius 2 is 1.86 bits per heavy atom. The van der Waals surface area contributed by atoms with E-state index in [0.29, 0.717) is 13.0 Å². The lowest BCUT2D eigenvalue weighted by atomic mass is 9.88. The molecule has 1 amide bonds. The summed E-state index contributed by atoms with van der Waals surface area (Å²) in [5.41, 5.74) is 4.69. The molecule has 0 radical (unpaired) electrons. The van der Waals surface area contributed by atoms with Gasteiger partial charge in [0.2, 0.25) is 5.91 Å². The van der Waals surface area contributed by atoms with Crippen LogP contribution >= 0.6 is 0 Å². The second-order valence-electron chi connectivity index (χ2n) is 7.44. The summed E-state index contributed by atoms with van der Waals surface area (Å²) in [6, 6.07) is 19.5. The molecule has 1 atom stereocenters. The van der Waals surface area contributed by atoms with Gasteiger partial charge in [-0.1, -0.05) is 30.3 Å². The largest absolute Gasteiger partial charge is 0.508 e. The van der Waals surface area contributed by atoms with Crippen LogP contribution in [-0.4, -0.2) is 15.6 Å². The van der Waals surface area contributed by atoms with Crippen molar-refractivity contribution in [2.24, 2.45) is 0 Å². The third kappa shape index (κ3) is 3.14. The van der Waals surface area contributed by atoms with Gasteiger partial charge in [-0.2, -0.15) is 0 Å². The zero-order chi connectivity index (χ0) is 20.0. The predicted molar refractivity (Wildman–Crippen MR) is 111 cm³/mol. The van der Waals surface area contributed by atoms with E-state index < -0.39 is 0 Å². The number of hydrogen-bond acceptors (Lipinski definition) is 2. The number of rotatable bonds is 3. The summed E-state index contributed by atoms with van der Waals surface area (Å²) < 4.78 is 15.8. The Labute approximate surface area is 167 Å². The van der Waals surface area contributed by atoms with E-state index in [2.05, 4.69) is 16.1 Å². The normalized spacial score (nSPS) is 15.9. The van der Waals surface area contributed by atoms with Gasteiger partial charge < -0.3 is 15.0 Å². The molecule has 4 nitrogen and oxygen atoms in total. The summed E-state index contributed by atoms with van der Waals surface area (Å²) in [7, 11) is 0. The maximum absolute atomic E-state index is 13.7. The van der Waals surface area contributed by atoms with Gasteiger partial charge in [-0.3, -0.25) is 4.79 Å². The highest BCUT2D eigenvalue weighted by Crippen LogP contribution is 2.41. The minimum Gasteiger partial charge on any atom is -0.508 e. The van der Waals surface area contributed by atoms with Gasteiger partial charge in [0.1, 0.15) is 11.6 Å². The number of aromatic nitrogens is 1. The van der Waals surface area contributed by atoms with Crippen LogP contribution in [0.2, 0.25) is 0 Å². The highest BCUT2D eigenvalue weighted by Gasteiger charge is 2.27. The first-order chi connectivity index (χ1) is 14.1. The minimum absolute atomic E-state index is 0.0385. The standard InChI is InChI=1S/C24H19FN2O2/c25-17-4-1-3-15(11-17)13-27-14-20-19(16-7-9-18(28)10-8-16)12-23(29)26-21-5-2-6-22(27)24(20)21/h1-11,14,19,28H,12-13H2,(H,26,29)/t19-/m1/s1. The molecule has 5 heteroatoms. The molecule has 144 valence electrons. The first-order valence-corrected chi connectivity index (χ1v) is 9.53. The molecule has 0 fully saturated rings. The first-order valence-electron chi connectivity index (χ1n) is 9.53. The lowest BCUT2D eigenvalue weighted by Crippen LogP contribution is -2.13. The Balaban J connectivity index is 1.68. The van der Waals surface area contributed by atoms with E-state index in [4.69, 9.17) is 0 Å². The molecule has 2 heterocycles. The molecule has 1 aliphatic rings. The number of phenols is 1. The van der Waals surface area contributed by atoms with Gasteiger partial charge in [0.05, 0.1) is 11.2 Å². The monoisotopic (exact) mass is 386 g/mol. The molecular weight excluding hydrogens is 367 g/mol. The quantitative estimate of drug-likeness (QED) is 0.520.